The molecule has 1 heterocycles. The summed E-state index contributed by atoms with van der Waals surface area (Å²) in [5.41, 5.74) is 1.81. The fraction of sp³-hybridized carbons (Fsp3) is 0.438. The number of aryl methyl sites for hydroxylation is 1. The van der Waals surface area contributed by atoms with Crippen molar-refractivity contribution in [3.63, 3.8) is 0 Å². The van der Waals surface area contributed by atoms with Crippen LogP contribution in [0.3, 0.4) is 0 Å². The maximum atomic E-state index is 12.4. The van der Waals surface area contributed by atoms with E-state index in [9.17, 15) is 4.79 Å². The summed E-state index contributed by atoms with van der Waals surface area (Å²) < 4.78 is 7.38. The van der Waals surface area contributed by atoms with Gasteiger partial charge in [0.25, 0.3) is 0 Å². The van der Waals surface area contributed by atoms with E-state index < -0.39 is 0 Å². The van der Waals surface area contributed by atoms with E-state index in [0.717, 1.165) is 28.6 Å². The van der Waals surface area contributed by atoms with Gasteiger partial charge >= 0.3 is 0 Å². The van der Waals surface area contributed by atoms with Crippen LogP contribution in [0.4, 0.5) is 0 Å². The number of hydrogen-bond acceptors (Lipinski definition) is 2. The number of nitrogens with zero attached hydrogens (tertiary/aromatic N) is 1. The van der Waals surface area contributed by atoms with E-state index in [1.807, 2.05) is 36.0 Å². The number of benzene rings is 1. The predicted octanol–water partition coefficient (Wildman–Crippen LogP) is 3.81. The quantitative estimate of drug-likeness (QED) is 0.765. The van der Waals surface area contributed by atoms with Crippen molar-refractivity contribution in [3.05, 3.63) is 30.0 Å². The smallest absolute Gasteiger partial charge is 0.165 e. The van der Waals surface area contributed by atoms with E-state index in [4.69, 9.17) is 4.74 Å². The van der Waals surface area contributed by atoms with Gasteiger partial charge < -0.3 is 9.30 Å². The molecule has 0 saturated heterocycles. The van der Waals surface area contributed by atoms with Gasteiger partial charge in [0.05, 0.1) is 18.0 Å². The Morgan fingerprint density at radius 1 is 1.37 bits per heavy atom. The lowest BCUT2D eigenvalue weighted by Crippen LogP contribution is -2.01. The Morgan fingerprint density at radius 3 is 2.74 bits per heavy atom. The molecule has 0 bridgehead atoms. The fourth-order valence-corrected chi connectivity index (χ4v) is 2.35. The van der Waals surface area contributed by atoms with E-state index in [-0.39, 0.29) is 5.78 Å². The molecule has 2 rings (SSSR count). The van der Waals surface area contributed by atoms with Crippen molar-refractivity contribution in [3.8, 4) is 5.75 Å². The highest BCUT2D eigenvalue weighted by molar-refractivity contribution is 6.10. The van der Waals surface area contributed by atoms with Gasteiger partial charge in [0.15, 0.2) is 5.78 Å². The summed E-state index contributed by atoms with van der Waals surface area (Å²) in [5.74, 6) is 1.51. The average molecular weight is 259 g/mol. The summed E-state index contributed by atoms with van der Waals surface area (Å²) in [4.78, 5) is 12.4. The van der Waals surface area contributed by atoms with Crippen molar-refractivity contribution in [2.24, 2.45) is 13.0 Å². The first-order valence-corrected chi connectivity index (χ1v) is 6.69. The van der Waals surface area contributed by atoms with Crippen molar-refractivity contribution >= 4 is 16.7 Å². The highest BCUT2D eigenvalue weighted by Gasteiger charge is 2.17. The second-order valence-corrected chi connectivity index (χ2v) is 5.36. The molecule has 2 aromatic rings. The first-order valence-electron chi connectivity index (χ1n) is 6.69. The van der Waals surface area contributed by atoms with Gasteiger partial charge in [-0.1, -0.05) is 19.9 Å². The molecule has 3 nitrogen and oxygen atoms in total. The standard InChI is InChI=1S/C16H21NO2/c1-11(2)8-9-14(18)12-10-17(3)13-6-5-7-15(19-4)16(12)13/h5-7,10-11H,8-9H2,1-4H3. The lowest BCUT2D eigenvalue weighted by molar-refractivity contribution is 0.0976. The molecule has 1 aromatic heterocycles. The number of carbonyl (C=O) groups is 1. The number of methoxy groups -OCH3 is 1. The molecular weight excluding hydrogens is 238 g/mol. The molecule has 0 aliphatic rings. The summed E-state index contributed by atoms with van der Waals surface area (Å²) in [6.07, 6.45) is 3.43. The number of Topliss-reactive ketones (excluding diaryl/α,β-unsaturated/α-hetero) is 1. The van der Waals surface area contributed by atoms with Crippen LogP contribution in [0.2, 0.25) is 0 Å². The minimum atomic E-state index is 0.198. The minimum Gasteiger partial charge on any atom is -0.496 e. The molecular formula is C16H21NO2. The Kier molecular flexibility index (Phi) is 3.93. The minimum absolute atomic E-state index is 0.198. The van der Waals surface area contributed by atoms with Gasteiger partial charge in [0.1, 0.15) is 5.75 Å². The molecule has 3 heteroatoms. The van der Waals surface area contributed by atoms with Crippen molar-refractivity contribution in [2.75, 3.05) is 7.11 Å². The van der Waals surface area contributed by atoms with Crippen LogP contribution < -0.4 is 4.74 Å². The molecule has 0 aliphatic heterocycles. The summed E-state index contributed by atoms with van der Waals surface area (Å²) in [7, 11) is 3.60. The molecule has 0 unspecified atom stereocenters. The number of carbonyl (C=O) groups excluding carboxylic acids is 1. The monoisotopic (exact) mass is 259 g/mol. The third-order valence-electron chi connectivity index (χ3n) is 3.45. The third-order valence-corrected chi connectivity index (χ3v) is 3.45. The Labute approximate surface area is 114 Å². The van der Waals surface area contributed by atoms with Crippen LogP contribution in [0.5, 0.6) is 5.75 Å². The number of ketones is 1. The second-order valence-electron chi connectivity index (χ2n) is 5.36. The molecule has 19 heavy (non-hydrogen) atoms. The van der Waals surface area contributed by atoms with Crippen molar-refractivity contribution < 1.29 is 9.53 Å². The van der Waals surface area contributed by atoms with E-state index >= 15 is 0 Å². The fourth-order valence-electron chi connectivity index (χ4n) is 2.35. The van der Waals surface area contributed by atoms with Crippen LogP contribution in [-0.4, -0.2) is 17.5 Å². The molecule has 0 fully saturated rings. The lowest BCUT2D eigenvalue weighted by atomic mass is 10.0. The molecule has 102 valence electrons. The van der Waals surface area contributed by atoms with Gasteiger partial charge in [-0.25, -0.2) is 0 Å². The largest absolute Gasteiger partial charge is 0.496 e. The van der Waals surface area contributed by atoms with Crippen molar-refractivity contribution in [1.82, 2.24) is 4.57 Å². The first-order chi connectivity index (χ1) is 9.04. The second kappa shape index (κ2) is 5.47. The number of rotatable bonds is 5. The van der Waals surface area contributed by atoms with Crippen LogP contribution in [0, 0.1) is 5.92 Å². The SMILES string of the molecule is COc1cccc2c1c(C(=O)CCC(C)C)cn2C. The van der Waals surface area contributed by atoms with Gasteiger partial charge in [-0.05, 0) is 24.5 Å². The zero-order valence-corrected chi connectivity index (χ0v) is 12.1. The Hall–Kier alpha value is -1.77. The highest BCUT2D eigenvalue weighted by Crippen LogP contribution is 2.31. The van der Waals surface area contributed by atoms with E-state index in [1.165, 1.54) is 0 Å². The first kappa shape index (κ1) is 13.7. The Bertz CT molecular complexity index is 596. The highest BCUT2D eigenvalue weighted by atomic mass is 16.5. The number of fused-ring (bicyclic) bond motifs is 1. The zero-order valence-electron chi connectivity index (χ0n) is 12.1. The van der Waals surface area contributed by atoms with E-state index in [1.54, 1.807) is 7.11 Å². The van der Waals surface area contributed by atoms with Gasteiger partial charge in [-0.2, -0.15) is 0 Å². The molecule has 0 aliphatic carbocycles. The normalized spacial score (nSPS) is 11.2. The molecule has 0 amide bonds. The van der Waals surface area contributed by atoms with Gasteiger partial charge in [-0.3, -0.25) is 4.79 Å². The number of hydrogen-bond donors (Lipinski definition) is 0. The van der Waals surface area contributed by atoms with Gasteiger partial charge in [-0.15, -0.1) is 0 Å². The van der Waals surface area contributed by atoms with Crippen molar-refractivity contribution in [2.45, 2.75) is 26.7 Å². The number of aromatic nitrogens is 1. The topological polar surface area (TPSA) is 31.2 Å². The van der Waals surface area contributed by atoms with E-state index in [2.05, 4.69) is 13.8 Å². The van der Waals surface area contributed by atoms with Gasteiger partial charge in [0, 0.05) is 25.2 Å². The molecule has 1 aromatic carbocycles. The van der Waals surface area contributed by atoms with E-state index in [0.29, 0.717) is 12.3 Å². The summed E-state index contributed by atoms with van der Waals surface area (Å²) in [6, 6.07) is 5.86. The Balaban J connectivity index is 2.45. The maximum Gasteiger partial charge on any atom is 0.165 e. The van der Waals surface area contributed by atoms with Gasteiger partial charge in [0.2, 0.25) is 0 Å². The molecule has 0 spiro atoms. The number of ether oxygens (including phenoxy) is 1. The average Bonchev–Trinajstić information content (AvgIpc) is 2.74. The van der Waals surface area contributed by atoms with Crippen LogP contribution >= 0.6 is 0 Å². The maximum absolute atomic E-state index is 12.4. The molecule has 0 N–H and O–H groups in total. The molecule has 0 saturated carbocycles. The molecule has 0 atom stereocenters. The Morgan fingerprint density at radius 2 is 2.11 bits per heavy atom. The summed E-state index contributed by atoms with van der Waals surface area (Å²) in [6.45, 7) is 4.27. The summed E-state index contributed by atoms with van der Waals surface area (Å²) in [5, 5.41) is 0.932. The van der Waals surface area contributed by atoms with Crippen LogP contribution in [0.15, 0.2) is 24.4 Å². The zero-order chi connectivity index (χ0) is 14.0. The third kappa shape index (κ3) is 2.65. The molecule has 0 radical (unpaired) electrons. The summed E-state index contributed by atoms with van der Waals surface area (Å²) >= 11 is 0. The van der Waals surface area contributed by atoms with Crippen molar-refractivity contribution in [1.29, 1.82) is 0 Å². The van der Waals surface area contributed by atoms with Crippen LogP contribution in [0.25, 0.3) is 10.9 Å². The van der Waals surface area contributed by atoms with Crippen LogP contribution in [-0.2, 0) is 7.05 Å². The lowest BCUT2D eigenvalue weighted by Gasteiger charge is -2.06. The predicted molar refractivity (Wildman–Crippen MR) is 77.9 cm³/mol. The van der Waals surface area contributed by atoms with Crippen LogP contribution in [0.1, 0.15) is 37.0 Å².